The number of hydrogen-bond donors (Lipinski definition) is 2. The number of benzene rings is 2. The van der Waals surface area contributed by atoms with E-state index in [1.807, 2.05) is 69.3 Å². The van der Waals surface area contributed by atoms with Gasteiger partial charge in [0.05, 0.1) is 35.8 Å². The smallest absolute Gasteiger partial charge is 0.257 e. The quantitative estimate of drug-likeness (QED) is 0.548. The van der Waals surface area contributed by atoms with Gasteiger partial charge in [0.15, 0.2) is 0 Å². The highest BCUT2D eigenvalue weighted by molar-refractivity contribution is 6.05. The van der Waals surface area contributed by atoms with Gasteiger partial charge in [0.1, 0.15) is 11.5 Å². The van der Waals surface area contributed by atoms with Gasteiger partial charge in [-0.3, -0.25) is 9.78 Å². The van der Waals surface area contributed by atoms with Crippen LogP contribution in [0.3, 0.4) is 0 Å². The predicted octanol–water partition coefficient (Wildman–Crippen LogP) is 5.26. The first-order valence-corrected chi connectivity index (χ1v) is 9.57. The van der Waals surface area contributed by atoms with Crippen molar-refractivity contribution < 1.29 is 14.3 Å². The van der Waals surface area contributed by atoms with Crippen LogP contribution in [0.25, 0.3) is 0 Å². The Morgan fingerprint density at radius 1 is 1.03 bits per heavy atom. The van der Waals surface area contributed by atoms with Crippen molar-refractivity contribution >= 4 is 23.0 Å². The Morgan fingerprint density at radius 2 is 1.79 bits per heavy atom. The van der Waals surface area contributed by atoms with Crippen molar-refractivity contribution in [3.63, 3.8) is 0 Å². The SMILES string of the molecule is CCOc1ccc(Nc2cncc(C(=O)Nc3ccccc3OC(C)C)c2)cc1. The highest BCUT2D eigenvalue weighted by Gasteiger charge is 2.12. The average molecular weight is 391 g/mol. The minimum absolute atomic E-state index is 0.0105. The summed E-state index contributed by atoms with van der Waals surface area (Å²) in [5.41, 5.74) is 2.66. The van der Waals surface area contributed by atoms with E-state index in [0.29, 0.717) is 29.3 Å². The Hall–Kier alpha value is -3.54. The van der Waals surface area contributed by atoms with E-state index in [4.69, 9.17) is 9.47 Å². The van der Waals surface area contributed by atoms with E-state index in [1.165, 1.54) is 6.20 Å². The van der Waals surface area contributed by atoms with Crippen LogP contribution in [-0.2, 0) is 0 Å². The van der Waals surface area contributed by atoms with Crippen molar-refractivity contribution in [1.29, 1.82) is 0 Å². The summed E-state index contributed by atoms with van der Waals surface area (Å²) in [6, 6.07) is 16.7. The van der Waals surface area contributed by atoms with Crippen LogP contribution in [0.5, 0.6) is 11.5 Å². The summed E-state index contributed by atoms with van der Waals surface area (Å²) in [5.74, 6) is 1.19. The molecule has 0 atom stereocenters. The van der Waals surface area contributed by atoms with Crippen molar-refractivity contribution in [1.82, 2.24) is 4.98 Å². The molecule has 29 heavy (non-hydrogen) atoms. The second kappa shape index (κ2) is 9.59. The zero-order chi connectivity index (χ0) is 20.6. The van der Waals surface area contributed by atoms with Crippen LogP contribution in [0.1, 0.15) is 31.1 Å². The van der Waals surface area contributed by atoms with E-state index in [9.17, 15) is 4.79 Å². The summed E-state index contributed by atoms with van der Waals surface area (Å²) in [4.78, 5) is 16.9. The summed E-state index contributed by atoms with van der Waals surface area (Å²) in [6.45, 7) is 6.46. The second-order valence-electron chi connectivity index (χ2n) is 6.66. The van der Waals surface area contributed by atoms with Gasteiger partial charge in [0, 0.05) is 11.9 Å². The molecule has 0 aliphatic heterocycles. The second-order valence-corrected chi connectivity index (χ2v) is 6.66. The fourth-order valence-corrected chi connectivity index (χ4v) is 2.72. The van der Waals surface area contributed by atoms with Crippen LogP contribution in [0, 0.1) is 0 Å². The Morgan fingerprint density at radius 3 is 2.52 bits per heavy atom. The molecule has 0 aliphatic carbocycles. The first-order valence-electron chi connectivity index (χ1n) is 9.57. The predicted molar refractivity (Wildman–Crippen MR) is 115 cm³/mol. The molecule has 1 heterocycles. The van der Waals surface area contributed by atoms with E-state index < -0.39 is 0 Å². The van der Waals surface area contributed by atoms with Crippen molar-refractivity contribution in [2.75, 3.05) is 17.2 Å². The topological polar surface area (TPSA) is 72.5 Å². The lowest BCUT2D eigenvalue weighted by Gasteiger charge is -2.15. The lowest BCUT2D eigenvalue weighted by atomic mass is 10.2. The molecule has 0 saturated carbocycles. The van der Waals surface area contributed by atoms with Gasteiger partial charge < -0.3 is 20.1 Å². The third-order valence-corrected chi connectivity index (χ3v) is 3.95. The van der Waals surface area contributed by atoms with Gasteiger partial charge in [-0.15, -0.1) is 0 Å². The highest BCUT2D eigenvalue weighted by Crippen LogP contribution is 2.26. The molecule has 0 spiro atoms. The maximum absolute atomic E-state index is 12.7. The van der Waals surface area contributed by atoms with Crippen LogP contribution >= 0.6 is 0 Å². The summed E-state index contributed by atoms with van der Waals surface area (Å²) in [5, 5.41) is 6.14. The summed E-state index contributed by atoms with van der Waals surface area (Å²) in [6.07, 6.45) is 3.21. The van der Waals surface area contributed by atoms with Crippen molar-refractivity contribution in [2.45, 2.75) is 26.9 Å². The Kier molecular flexibility index (Phi) is 6.68. The number of rotatable bonds is 8. The Balaban J connectivity index is 1.71. The molecule has 6 nitrogen and oxygen atoms in total. The fourth-order valence-electron chi connectivity index (χ4n) is 2.72. The van der Waals surface area contributed by atoms with E-state index in [2.05, 4.69) is 15.6 Å². The van der Waals surface area contributed by atoms with Crippen LogP contribution in [0.4, 0.5) is 17.1 Å². The molecule has 1 amide bonds. The van der Waals surface area contributed by atoms with Crippen LogP contribution in [-0.4, -0.2) is 23.6 Å². The highest BCUT2D eigenvalue weighted by atomic mass is 16.5. The number of amides is 1. The molecule has 0 unspecified atom stereocenters. The molecule has 3 aromatic rings. The summed E-state index contributed by atoms with van der Waals surface area (Å²) in [7, 11) is 0. The molecule has 0 saturated heterocycles. The number of nitrogens with zero attached hydrogens (tertiary/aromatic N) is 1. The minimum Gasteiger partial charge on any atom is -0.494 e. The maximum atomic E-state index is 12.7. The van der Waals surface area contributed by atoms with E-state index in [0.717, 1.165) is 11.4 Å². The third kappa shape index (κ3) is 5.72. The molecule has 6 heteroatoms. The Labute approximate surface area is 170 Å². The van der Waals surface area contributed by atoms with E-state index in [-0.39, 0.29) is 12.0 Å². The van der Waals surface area contributed by atoms with Gasteiger partial charge >= 0.3 is 0 Å². The molecule has 0 bridgehead atoms. The standard InChI is InChI=1S/C23H25N3O3/c1-4-28-20-11-9-18(10-12-20)25-19-13-17(14-24-15-19)23(27)26-21-7-5-6-8-22(21)29-16(2)3/h5-16,25H,4H2,1-3H3,(H,26,27). The maximum Gasteiger partial charge on any atom is 0.257 e. The molecule has 1 aromatic heterocycles. The molecule has 0 aliphatic rings. The Bertz CT molecular complexity index is 956. The van der Waals surface area contributed by atoms with E-state index >= 15 is 0 Å². The fraction of sp³-hybridized carbons (Fsp3) is 0.217. The molecule has 150 valence electrons. The molecular weight excluding hydrogens is 366 g/mol. The molecule has 3 rings (SSSR count). The molecule has 2 N–H and O–H groups in total. The number of nitrogens with one attached hydrogen (secondary N) is 2. The summed E-state index contributed by atoms with van der Waals surface area (Å²) >= 11 is 0. The van der Waals surface area contributed by atoms with Crippen molar-refractivity contribution in [2.24, 2.45) is 0 Å². The zero-order valence-electron chi connectivity index (χ0n) is 16.8. The first kappa shape index (κ1) is 20.2. The number of carbonyl (C=O) groups is 1. The lowest BCUT2D eigenvalue weighted by Crippen LogP contribution is -2.15. The van der Waals surface area contributed by atoms with Gasteiger partial charge in [-0.2, -0.15) is 0 Å². The van der Waals surface area contributed by atoms with Gasteiger partial charge in [-0.25, -0.2) is 0 Å². The van der Waals surface area contributed by atoms with Gasteiger partial charge in [0.25, 0.3) is 5.91 Å². The zero-order valence-corrected chi connectivity index (χ0v) is 16.8. The van der Waals surface area contributed by atoms with Gasteiger partial charge in [-0.05, 0) is 63.2 Å². The van der Waals surface area contributed by atoms with Gasteiger partial charge in [-0.1, -0.05) is 12.1 Å². The minimum atomic E-state index is -0.257. The molecule has 0 radical (unpaired) electrons. The number of hydrogen-bond acceptors (Lipinski definition) is 5. The van der Waals surface area contributed by atoms with Crippen LogP contribution < -0.4 is 20.1 Å². The van der Waals surface area contributed by atoms with Crippen LogP contribution in [0.2, 0.25) is 0 Å². The third-order valence-electron chi connectivity index (χ3n) is 3.95. The molecule has 2 aromatic carbocycles. The van der Waals surface area contributed by atoms with Crippen LogP contribution in [0.15, 0.2) is 67.0 Å². The van der Waals surface area contributed by atoms with E-state index in [1.54, 1.807) is 12.3 Å². The lowest BCUT2D eigenvalue weighted by molar-refractivity contribution is 0.102. The normalized spacial score (nSPS) is 10.5. The number of anilines is 3. The number of pyridine rings is 1. The largest absolute Gasteiger partial charge is 0.494 e. The summed E-state index contributed by atoms with van der Waals surface area (Å²) < 4.78 is 11.2. The van der Waals surface area contributed by atoms with Crippen molar-refractivity contribution in [3.05, 3.63) is 72.6 Å². The molecule has 0 fully saturated rings. The van der Waals surface area contributed by atoms with Gasteiger partial charge in [0.2, 0.25) is 0 Å². The number of ether oxygens (including phenoxy) is 2. The number of carbonyl (C=O) groups excluding carboxylic acids is 1. The molecular formula is C23H25N3O3. The number of aromatic nitrogens is 1. The monoisotopic (exact) mass is 391 g/mol. The van der Waals surface area contributed by atoms with Crippen molar-refractivity contribution in [3.8, 4) is 11.5 Å². The first-order chi connectivity index (χ1) is 14.0. The number of para-hydroxylation sites is 2. The average Bonchev–Trinajstić information content (AvgIpc) is 2.71.